The van der Waals surface area contributed by atoms with Gasteiger partial charge < -0.3 is 10.1 Å². The van der Waals surface area contributed by atoms with Crippen LogP contribution < -0.4 is 10.1 Å². The highest BCUT2D eigenvalue weighted by molar-refractivity contribution is 5.86. The lowest BCUT2D eigenvalue weighted by Gasteiger charge is -2.30. The van der Waals surface area contributed by atoms with E-state index >= 15 is 0 Å². The van der Waals surface area contributed by atoms with Gasteiger partial charge in [-0.25, -0.2) is 15.0 Å². The molecule has 156 valence electrons. The van der Waals surface area contributed by atoms with Gasteiger partial charge in [-0.2, -0.15) is 0 Å². The molecule has 0 unspecified atom stereocenters. The van der Waals surface area contributed by atoms with Gasteiger partial charge in [-0.15, -0.1) is 0 Å². The zero-order chi connectivity index (χ0) is 21.0. The number of ether oxygens (including phenoxy) is 1. The fourth-order valence-corrected chi connectivity index (χ4v) is 4.08. The Morgan fingerprint density at radius 1 is 0.903 bits per heavy atom. The highest BCUT2D eigenvalue weighted by atomic mass is 16.5. The van der Waals surface area contributed by atoms with Gasteiger partial charge in [-0.1, -0.05) is 6.07 Å². The topological polar surface area (TPSA) is 85.7 Å². The van der Waals surface area contributed by atoms with Crippen molar-refractivity contribution in [3.63, 3.8) is 0 Å². The highest BCUT2D eigenvalue weighted by Gasteiger charge is 2.24. The molecule has 1 N–H and O–H groups in total. The third-order valence-electron chi connectivity index (χ3n) is 5.63. The Bertz CT molecular complexity index is 1180. The van der Waals surface area contributed by atoms with Crippen LogP contribution in [0.4, 0.5) is 5.82 Å². The summed E-state index contributed by atoms with van der Waals surface area (Å²) in [7, 11) is 0. The quantitative estimate of drug-likeness (QED) is 0.513. The number of fused-ring (bicyclic) bond motifs is 1. The number of aryl methyl sites for hydroxylation is 1. The van der Waals surface area contributed by atoms with E-state index in [4.69, 9.17) is 4.74 Å². The van der Waals surface area contributed by atoms with Crippen LogP contribution in [-0.4, -0.2) is 37.1 Å². The van der Waals surface area contributed by atoms with E-state index in [1.165, 1.54) is 0 Å². The number of hydrogen-bond donors (Lipinski definition) is 1. The smallest absolute Gasteiger partial charge is 0.148 e. The fraction of sp³-hybridized carbons (Fsp3) is 0.292. The molecule has 0 spiro atoms. The SMILES string of the molecule is Cc1nccc(N[C@H]2CC[C@@H](Oc3cc(-c4cccnc4)cc4nccnc34)CC2)n1. The number of rotatable bonds is 5. The van der Waals surface area contributed by atoms with Crippen LogP contribution in [0.3, 0.4) is 0 Å². The molecule has 1 saturated carbocycles. The summed E-state index contributed by atoms with van der Waals surface area (Å²) in [5, 5.41) is 3.53. The average Bonchev–Trinajstić information content (AvgIpc) is 2.81. The third-order valence-corrected chi connectivity index (χ3v) is 5.63. The first-order chi connectivity index (χ1) is 15.2. The Morgan fingerprint density at radius 2 is 1.77 bits per heavy atom. The van der Waals surface area contributed by atoms with Gasteiger partial charge in [0.1, 0.15) is 22.9 Å². The summed E-state index contributed by atoms with van der Waals surface area (Å²) in [5.41, 5.74) is 3.69. The molecule has 7 nitrogen and oxygen atoms in total. The van der Waals surface area contributed by atoms with Crippen LogP contribution in [0.25, 0.3) is 22.2 Å². The third kappa shape index (κ3) is 4.45. The number of aromatic nitrogens is 5. The molecule has 1 aliphatic carbocycles. The predicted molar refractivity (Wildman–Crippen MR) is 120 cm³/mol. The van der Waals surface area contributed by atoms with Crippen molar-refractivity contribution in [1.29, 1.82) is 0 Å². The summed E-state index contributed by atoms with van der Waals surface area (Å²) in [6.45, 7) is 1.91. The summed E-state index contributed by atoms with van der Waals surface area (Å²) < 4.78 is 6.47. The monoisotopic (exact) mass is 412 g/mol. The Kier molecular flexibility index (Phi) is 5.39. The minimum absolute atomic E-state index is 0.152. The minimum atomic E-state index is 0.152. The Labute approximate surface area is 181 Å². The molecule has 7 heteroatoms. The number of nitrogens with zero attached hydrogens (tertiary/aromatic N) is 5. The van der Waals surface area contributed by atoms with E-state index in [1.54, 1.807) is 24.8 Å². The maximum Gasteiger partial charge on any atom is 0.148 e. The van der Waals surface area contributed by atoms with E-state index in [0.29, 0.717) is 6.04 Å². The summed E-state index contributed by atoms with van der Waals surface area (Å²) in [6, 6.07) is 10.4. The van der Waals surface area contributed by atoms with Crippen molar-refractivity contribution in [1.82, 2.24) is 24.9 Å². The average molecular weight is 412 g/mol. The van der Waals surface area contributed by atoms with Crippen LogP contribution in [0.5, 0.6) is 5.75 Å². The van der Waals surface area contributed by atoms with Crippen LogP contribution in [0.15, 0.2) is 61.3 Å². The molecule has 0 aliphatic heterocycles. The van der Waals surface area contributed by atoms with E-state index in [-0.39, 0.29) is 6.10 Å². The maximum absolute atomic E-state index is 6.47. The molecule has 4 aromatic rings. The van der Waals surface area contributed by atoms with Crippen LogP contribution in [0.2, 0.25) is 0 Å². The summed E-state index contributed by atoms with van der Waals surface area (Å²) >= 11 is 0. The van der Waals surface area contributed by atoms with Gasteiger partial charge in [0.25, 0.3) is 0 Å². The summed E-state index contributed by atoms with van der Waals surface area (Å²) in [4.78, 5) is 21.9. The molecule has 0 bridgehead atoms. The maximum atomic E-state index is 6.47. The molecule has 3 aromatic heterocycles. The van der Waals surface area contributed by atoms with Crippen LogP contribution >= 0.6 is 0 Å². The molecule has 0 atom stereocenters. The second-order valence-corrected chi connectivity index (χ2v) is 7.87. The second-order valence-electron chi connectivity index (χ2n) is 7.87. The predicted octanol–water partition coefficient (Wildman–Crippen LogP) is 4.59. The number of hydrogen-bond acceptors (Lipinski definition) is 7. The lowest BCUT2D eigenvalue weighted by molar-refractivity contribution is 0.152. The molecule has 1 aliphatic rings. The standard InChI is InChI=1S/C24H24N6O/c1-16-26-10-8-23(29-16)30-19-4-6-20(7-5-19)31-22-14-18(17-3-2-9-25-15-17)13-21-24(22)28-12-11-27-21/h2-3,8-15,19-20H,4-7H2,1H3,(H,26,29,30)/t19-,20+. The van der Waals surface area contributed by atoms with Gasteiger partial charge >= 0.3 is 0 Å². The van der Waals surface area contributed by atoms with Gasteiger partial charge in [0.2, 0.25) is 0 Å². The molecule has 1 fully saturated rings. The van der Waals surface area contributed by atoms with E-state index in [0.717, 1.165) is 65.2 Å². The molecule has 0 saturated heterocycles. The van der Waals surface area contributed by atoms with Crippen molar-refractivity contribution in [3.8, 4) is 16.9 Å². The van der Waals surface area contributed by atoms with Gasteiger partial charge in [0.05, 0.1) is 11.6 Å². The van der Waals surface area contributed by atoms with Crippen molar-refractivity contribution in [3.05, 3.63) is 67.1 Å². The second kappa shape index (κ2) is 8.63. The molecule has 5 rings (SSSR count). The Morgan fingerprint density at radius 3 is 2.58 bits per heavy atom. The number of benzene rings is 1. The lowest BCUT2D eigenvalue weighted by atomic mass is 9.93. The highest BCUT2D eigenvalue weighted by Crippen LogP contribution is 2.33. The molecular weight excluding hydrogens is 388 g/mol. The molecule has 0 amide bonds. The van der Waals surface area contributed by atoms with Crippen molar-refractivity contribution in [2.24, 2.45) is 0 Å². The largest absolute Gasteiger partial charge is 0.488 e. The van der Waals surface area contributed by atoms with Crippen LogP contribution in [0, 0.1) is 6.92 Å². The first-order valence-corrected chi connectivity index (χ1v) is 10.6. The van der Waals surface area contributed by atoms with Gasteiger partial charge in [-0.3, -0.25) is 9.97 Å². The van der Waals surface area contributed by atoms with Crippen molar-refractivity contribution >= 4 is 16.9 Å². The molecule has 1 aromatic carbocycles. The number of nitrogens with one attached hydrogen (secondary N) is 1. The molecule has 0 radical (unpaired) electrons. The molecule has 3 heterocycles. The zero-order valence-electron chi connectivity index (χ0n) is 17.4. The van der Waals surface area contributed by atoms with E-state index < -0.39 is 0 Å². The fourth-order valence-electron chi connectivity index (χ4n) is 4.08. The first kappa shape index (κ1) is 19.4. The normalized spacial score (nSPS) is 18.6. The van der Waals surface area contributed by atoms with Crippen molar-refractivity contribution in [2.45, 2.75) is 44.8 Å². The van der Waals surface area contributed by atoms with Crippen molar-refractivity contribution in [2.75, 3.05) is 5.32 Å². The molecular formula is C24H24N6O. The molecule has 31 heavy (non-hydrogen) atoms. The minimum Gasteiger partial charge on any atom is -0.488 e. The van der Waals surface area contributed by atoms with E-state index in [9.17, 15) is 0 Å². The Hall–Kier alpha value is -3.61. The number of pyridine rings is 1. The van der Waals surface area contributed by atoms with Gasteiger partial charge in [0.15, 0.2) is 0 Å². The summed E-state index contributed by atoms with van der Waals surface area (Å²) in [6.07, 6.45) is 13.0. The van der Waals surface area contributed by atoms with Crippen LogP contribution in [0.1, 0.15) is 31.5 Å². The van der Waals surface area contributed by atoms with Gasteiger partial charge in [-0.05, 0) is 62.4 Å². The first-order valence-electron chi connectivity index (χ1n) is 10.6. The van der Waals surface area contributed by atoms with E-state index in [2.05, 4.69) is 36.3 Å². The van der Waals surface area contributed by atoms with Crippen molar-refractivity contribution < 1.29 is 4.74 Å². The Balaban J connectivity index is 1.32. The summed E-state index contributed by atoms with van der Waals surface area (Å²) in [5.74, 6) is 2.46. The number of anilines is 1. The lowest BCUT2D eigenvalue weighted by Crippen LogP contribution is -2.31. The van der Waals surface area contributed by atoms with Gasteiger partial charge in [0, 0.05) is 42.6 Å². The van der Waals surface area contributed by atoms with E-state index in [1.807, 2.05) is 37.4 Å². The zero-order valence-corrected chi connectivity index (χ0v) is 17.4. The van der Waals surface area contributed by atoms with Crippen LogP contribution in [-0.2, 0) is 0 Å².